The molecule has 0 unspecified atom stereocenters. The van der Waals surface area contributed by atoms with Gasteiger partial charge >= 0.3 is 12.3 Å². The zero-order valence-electron chi connectivity index (χ0n) is 9.39. The molecule has 19 heavy (non-hydrogen) atoms. The Labute approximate surface area is 105 Å². The Morgan fingerprint density at radius 2 is 1.95 bits per heavy atom. The summed E-state index contributed by atoms with van der Waals surface area (Å²) in [6.07, 6.45) is -1.99. The number of hydrogen-bond donors (Lipinski definition) is 0. The molecular weight excluding hydrogens is 261 g/mol. The van der Waals surface area contributed by atoms with E-state index in [1.807, 2.05) is 0 Å². The van der Waals surface area contributed by atoms with Gasteiger partial charge in [0.15, 0.2) is 0 Å². The van der Waals surface area contributed by atoms with Gasteiger partial charge in [-0.25, -0.2) is 9.78 Å². The molecule has 0 aliphatic rings. The first-order valence-corrected chi connectivity index (χ1v) is 5.13. The molecule has 0 saturated carbocycles. The number of hydrogen-bond acceptors (Lipinski definition) is 4. The van der Waals surface area contributed by atoms with Crippen molar-refractivity contribution in [3.63, 3.8) is 0 Å². The van der Waals surface area contributed by atoms with Gasteiger partial charge in [-0.1, -0.05) is 6.07 Å². The number of carbonyl (C=O) groups is 1. The second kappa shape index (κ2) is 5.05. The van der Waals surface area contributed by atoms with Crippen LogP contribution in [0, 0.1) is 0 Å². The number of rotatable bonds is 2. The molecule has 2 heterocycles. The molecule has 2 aromatic heterocycles. The molecule has 0 saturated heterocycles. The maximum Gasteiger partial charge on any atom is 0.575 e. The van der Waals surface area contributed by atoms with E-state index in [1.165, 1.54) is 12.3 Å². The van der Waals surface area contributed by atoms with Gasteiger partial charge < -0.3 is 4.74 Å². The first-order chi connectivity index (χ1) is 8.96. The van der Waals surface area contributed by atoms with Gasteiger partial charge in [-0.3, -0.25) is 4.98 Å². The van der Waals surface area contributed by atoms with Crippen LogP contribution in [0.25, 0.3) is 11.3 Å². The van der Waals surface area contributed by atoms with Crippen molar-refractivity contribution in [2.24, 2.45) is 0 Å². The van der Waals surface area contributed by atoms with E-state index < -0.39 is 18.0 Å². The molecule has 0 aliphatic heterocycles. The molecule has 4 nitrogen and oxygen atoms in total. The number of alkyl halides is 3. The smallest absolute Gasteiger partial charge is 0.368 e. The minimum Gasteiger partial charge on any atom is -0.368 e. The quantitative estimate of drug-likeness (QED) is 0.786. The normalized spacial score (nSPS) is 11.1. The maximum absolute atomic E-state index is 11.9. The van der Waals surface area contributed by atoms with Gasteiger partial charge in [-0.05, 0) is 24.3 Å². The van der Waals surface area contributed by atoms with E-state index in [0.717, 1.165) is 6.07 Å². The van der Waals surface area contributed by atoms with Crippen LogP contribution in [0.1, 0.15) is 10.5 Å². The topological polar surface area (TPSA) is 52.1 Å². The van der Waals surface area contributed by atoms with Crippen molar-refractivity contribution in [2.45, 2.75) is 6.36 Å². The van der Waals surface area contributed by atoms with Crippen molar-refractivity contribution in [3.8, 4) is 11.3 Å². The Kier molecular flexibility index (Phi) is 3.46. The highest BCUT2D eigenvalue weighted by Gasteiger charge is 2.34. The van der Waals surface area contributed by atoms with E-state index in [1.54, 1.807) is 24.4 Å². The van der Waals surface area contributed by atoms with Gasteiger partial charge in [-0.15, -0.1) is 13.2 Å². The Bertz CT molecular complexity index is 585. The summed E-state index contributed by atoms with van der Waals surface area (Å²) in [6.45, 7) is 0. The van der Waals surface area contributed by atoms with Gasteiger partial charge in [0.1, 0.15) is 5.69 Å². The highest BCUT2D eigenvalue weighted by atomic mass is 19.4. The third-order valence-corrected chi connectivity index (χ3v) is 2.12. The van der Waals surface area contributed by atoms with Crippen LogP contribution in [0.4, 0.5) is 13.2 Å². The minimum absolute atomic E-state index is 0.338. The summed E-state index contributed by atoms with van der Waals surface area (Å²) in [5.41, 5.74) is 0.507. The van der Waals surface area contributed by atoms with Crippen LogP contribution >= 0.6 is 0 Å². The SMILES string of the molecule is O=C(OC(F)(F)F)c1cccc(-c2cccnc2)n1. The lowest BCUT2D eigenvalue weighted by molar-refractivity contribution is -0.292. The van der Waals surface area contributed by atoms with Crippen molar-refractivity contribution in [3.05, 3.63) is 48.4 Å². The average Bonchev–Trinajstić information content (AvgIpc) is 2.38. The third kappa shape index (κ3) is 3.51. The van der Waals surface area contributed by atoms with E-state index in [0.29, 0.717) is 11.3 Å². The van der Waals surface area contributed by atoms with Crippen LogP contribution in [0.3, 0.4) is 0 Å². The lowest BCUT2D eigenvalue weighted by Crippen LogP contribution is -2.20. The van der Waals surface area contributed by atoms with Gasteiger partial charge in [0.2, 0.25) is 0 Å². The zero-order chi connectivity index (χ0) is 13.9. The third-order valence-electron chi connectivity index (χ3n) is 2.12. The fraction of sp³-hybridized carbons (Fsp3) is 0.0833. The van der Waals surface area contributed by atoms with Gasteiger partial charge in [-0.2, -0.15) is 0 Å². The molecule has 0 amide bonds. The number of esters is 1. The lowest BCUT2D eigenvalue weighted by atomic mass is 10.2. The highest BCUT2D eigenvalue weighted by molar-refractivity contribution is 5.88. The highest BCUT2D eigenvalue weighted by Crippen LogP contribution is 2.20. The largest absolute Gasteiger partial charge is 0.575 e. The molecule has 0 fully saturated rings. The summed E-state index contributed by atoms with van der Waals surface area (Å²) >= 11 is 0. The summed E-state index contributed by atoms with van der Waals surface area (Å²) in [5.74, 6) is -1.54. The molecule has 0 bridgehead atoms. The number of halogens is 3. The van der Waals surface area contributed by atoms with Crippen LogP contribution in [0.2, 0.25) is 0 Å². The molecule has 98 valence electrons. The Balaban J connectivity index is 2.28. The average molecular weight is 268 g/mol. The molecule has 2 aromatic rings. The van der Waals surface area contributed by atoms with Crippen molar-refractivity contribution < 1.29 is 22.7 Å². The first-order valence-electron chi connectivity index (χ1n) is 5.13. The van der Waals surface area contributed by atoms with Gasteiger partial charge in [0, 0.05) is 18.0 Å². The van der Waals surface area contributed by atoms with Crippen molar-refractivity contribution in [1.82, 2.24) is 9.97 Å². The van der Waals surface area contributed by atoms with E-state index in [-0.39, 0.29) is 0 Å². The van der Waals surface area contributed by atoms with Crippen molar-refractivity contribution in [2.75, 3.05) is 0 Å². The standard InChI is InChI=1S/C12H7F3N2O2/c13-12(14,15)19-11(18)10-5-1-4-9(17-10)8-3-2-6-16-7-8/h1-7H. The molecule has 0 aliphatic carbocycles. The van der Waals surface area contributed by atoms with Crippen LogP contribution in [-0.2, 0) is 4.74 Å². The summed E-state index contributed by atoms with van der Waals surface area (Å²) in [5, 5.41) is 0. The minimum atomic E-state index is -5.02. The Morgan fingerprint density at radius 3 is 2.58 bits per heavy atom. The van der Waals surface area contributed by atoms with Gasteiger partial charge in [0.25, 0.3) is 0 Å². The van der Waals surface area contributed by atoms with Crippen molar-refractivity contribution >= 4 is 5.97 Å². The molecule has 2 rings (SSSR count). The molecular formula is C12H7F3N2O2. The van der Waals surface area contributed by atoms with Crippen LogP contribution in [-0.4, -0.2) is 22.3 Å². The van der Waals surface area contributed by atoms with E-state index >= 15 is 0 Å². The predicted molar refractivity (Wildman–Crippen MR) is 58.9 cm³/mol. The maximum atomic E-state index is 11.9. The first kappa shape index (κ1) is 13.0. The van der Waals surface area contributed by atoms with E-state index in [2.05, 4.69) is 14.7 Å². The number of ether oxygens (including phenoxy) is 1. The van der Waals surface area contributed by atoms with Crippen LogP contribution < -0.4 is 0 Å². The van der Waals surface area contributed by atoms with E-state index in [9.17, 15) is 18.0 Å². The van der Waals surface area contributed by atoms with Crippen LogP contribution in [0.5, 0.6) is 0 Å². The van der Waals surface area contributed by atoms with Crippen molar-refractivity contribution in [1.29, 1.82) is 0 Å². The number of nitrogens with zero attached hydrogens (tertiary/aromatic N) is 2. The Hall–Kier alpha value is -2.44. The van der Waals surface area contributed by atoms with Crippen LogP contribution in [0.15, 0.2) is 42.7 Å². The van der Waals surface area contributed by atoms with Gasteiger partial charge in [0.05, 0.1) is 5.69 Å². The summed E-state index contributed by atoms with van der Waals surface area (Å²) in [6, 6.07) is 7.45. The fourth-order valence-corrected chi connectivity index (χ4v) is 1.38. The molecule has 7 heteroatoms. The number of carbonyl (C=O) groups excluding carboxylic acids is 1. The predicted octanol–water partition coefficient (Wildman–Crippen LogP) is 2.82. The molecule has 0 atom stereocenters. The molecule has 0 aromatic carbocycles. The number of aromatic nitrogens is 2. The second-order valence-corrected chi connectivity index (χ2v) is 3.49. The summed E-state index contributed by atoms with van der Waals surface area (Å²) in [7, 11) is 0. The fourth-order valence-electron chi connectivity index (χ4n) is 1.38. The zero-order valence-corrected chi connectivity index (χ0v) is 9.39. The monoisotopic (exact) mass is 268 g/mol. The second-order valence-electron chi connectivity index (χ2n) is 3.49. The summed E-state index contributed by atoms with van der Waals surface area (Å²) in [4.78, 5) is 18.9. The number of pyridine rings is 2. The molecule has 0 spiro atoms. The summed E-state index contributed by atoms with van der Waals surface area (Å²) < 4.78 is 39.1. The molecule has 0 radical (unpaired) electrons. The molecule has 0 N–H and O–H groups in total. The Morgan fingerprint density at radius 1 is 1.16 bits per heavy atom. The lowest BCUT2D eigenvalue weighted by Gasteiger charge is -2.07. The van der Waals surface area contributed by atoms with E-state index in [4.69, 9.17) is 0 Å².